The Kier molecular flexibility index (Phi) is 5.55. The molecular formula is C16H18Cl2N2S. The first kappa shape index (κ1) is 16.6. The number of hydrogen-bond acceptors (Lipinski definition) is 3. The highest BCUT2D eigenvalue weighted by molar-refractivity contribution is 7.99. The van der Waals surface area contributed by atoms with E-state index in [4.69, 9.17) is 23.2 Å². The number of nitrogens with one attached hydrogen (secondary N) is 1. The second-order valence-corrected chi connectivity index (χ2v) is 7.69. The molecule has 0 spiro atoms. The number of benzene rings is 1. The van der Waals surface area contributed by atoms with E-state index in [0.717, 1.165) is 16.5 Å². The van der Waals surface area contributed by atoms with Gasteiger partial charge >= 0.3 is 0 Å². The van der Waals surface area contributed by atoms with Crippen molar-refractivity contribution in [1.82, 2.24) is 10.3 Å². The second-order valence-electron chi connectivity index (χ2n) is 5.79. The molecule has 2 aromatic rings. The molecule has 0 bridgehead atoms. The molecular weight excluding hydrogens is 323 g/mol. The van der Waals surface area contributed by atoms with Crippen LogP contribution in [0, 0.1) is 0 Å². The summed E-state index contributed by atoms with van der Waals surface area (Å²) in [5.41, 5.74) is 1.27. The van der Waals surface area contributed by atoms with Crippen LogP contribution in [-0.4, -0.2) is 10.5 Å². The number of aromatic nitrogens is 1. The Bertz CT molecular complexity index is 607. The lowest BCUT2D eigenvalue weighted by atomic mass is 10.1. The van der Waals surface area contributed by atoms with Gasteiger partial charge in [-0.1, -0.05) is 41.0 Å². The van der Waals surface area contributed by atoms with Gasteiger partial charge in [-0.3, -0.25) is 0 Å². The molecule has 0 atom stereocenters. The van der Waals surface area contributed by atoms with Gasteiger partial charge in [0.15, 0.2) is 0 Å². The minimum atomic E-state index is 0.105. The summed E-state index contributed by atoms with van der Waals surface area (Å²) in [6, 6.07) is 9.70. The van der Waals surface area contributed by atoms with Gasteiger partial charge in [0.2, 0.25) is 0 Å². The van der Waals surface area contributed by atoms with Crippen LogP contribution >= 0.6 is 35.0 Å². The predicted molar refractivity (Wildman–Crippen MR) is 91.4 cm³/mol. The van der Waals surface area contributed by atoms with Gasteiger partial charge in [0, 0.05) is 23.2 Å². The summed E-state index contributed by atoms with van der Waals surface area (Å²) < 4.78 is 0. The van der Waals surface area contributed by atoms with Gasteiger partial charge < -0.3 is 5.32 Å². The van der Waals surface area contributed by atoms with Crippen molar-refractivity contribution in [3.8, 4) is 0 Å². The van der Waals surface area contributed by atoms with Crippen molar-refractivity contribution in [1.29, 1.82) is 0 Å². The molecule has 0 radical (unpaired) electrons. The number of pyridine rings is 1. The summed E-state index contributed by atoms with van der Waals surface area (Å²) >= 11 is 13.5. The van der Waals surface area contributed by atoms with Crippen LogP contribution in [0.25, 0.3) is 0 Å². The van der Waals surface area contributed by atoms with Crippen molar-refractivity contribution in [2.75, 3.05) is 0 Å². The van der Waals surface area contributed by atoms with Crippen LogP contribution < -0.4 is 5.32 Å². The molecule has 1 heterocycles. The van der Waals surface area contributed by atoms with Gasteiger partial charge in [-0.2, -0.15) is 0 Å². The first-order valence-corrected chi connectivity index (χ1v) is 8.23. The van der Waals surface area contributed by atoms with Crippen molar-refractivity contribution < 1.29 is 0 Å². The molecule has 0 unspecified atom stereocenters. The molecule has 1 aromatic heterocycles. The molecule has 2 nitrogen and oxygen atoms in total. The van der Waals surface area contributed by atoms with Crippen molar-refractivity contribution >= 4 is 35.0 Å². The highest BCUT2D eigenvalue weighted by atomic mass is 35.5. The minimum Gasteiger partial charge on any atom is -0.308 e. The quantitative estimate of drug-likeness (QED) is 0.803. The van der Waals surface area contributed by atoms with Crippen LogP contribution in [0.5, 0.6) is 0 Å². The zero-order valence-electron chi connectivity index (χ0n) is 12.3. The second kappa shape index (κ2) is 7.01. The molecule has 0 saturated heterocycles. The van der Waals surface area contributed by atoms with Crippen molar-refractivity contribution in [3.05, 3.63) is 52.1 Å². The van der Waals surface area contributed by atoms with E-state index < -0.39 is 0 Å². The smallest absolute Gasteiger partial charge is 0.101 e. The first-order valence-electron chi connectivity index (χ1n) is 6.66. The van der Waals surface area contributed by atoms with E-state index in [1.807, 2.05) is 24.4 Å². The normalized spacial score (nSPS) is 11.7. The molecule has 0 aliphatic carbocycles. The summed E-state index contributed by atoms with van der Waals surface area (Å²) in [7, 11) is 0. The molecule has 0 aliphatic rings. The SMILES string of the molecule is CC(C)(C)NCc1ccc(Sc2ccc(Cl)c(Cl)c2)nc1. The van der Waals surface area contributed by atoms with E-state index in [9.17, 15) is 0 Å². The predicted octanol–water partition coefficient (Wildman–Crippen LogP) is 5.43. The van der Waals surface area contributed by atoms with Crippen LogP contribution in [0.15, 0.2) is 46.5 Å². The van der Waals surface area contributed by atoms with Gasteiger partial charge in [-0.05, 0) is 50.6 Å². The van der Waals surface area contributed by atoms with Gasteiger partial charge in [-0.15, -0.1) is 0 Å². The minimum absolute atomic E-state index is 0.105. The lowest BCUT2D eigenvalue weighted by molar-refractivity contribution is 0.424. The lowest BCUT2D eigenvalue weighted by Crippen LogP contribution is -2.35. The Morgan fingerprint density at radius 1 is 1.10 bits per heavy atom. The molecule has 1 N–H and O–H groups in total. The van der Waals surface area contributed by atoms with Crippen LogP contribution in [0.4, 0.5) is 0 Å². The van der Waals surface area contributed by atoms with E-state index in [0.29, 0.717) is 10.0 Å². The zero-order valence-corrected chi connectivity index (χ0v) is 14.6. The van der Waals surface area contributed by atoms with Crippen LogP contribution in [0.3, 0.4) is 0 Å². The van der Waals surface area contributed by atoms with Gasteiger partial charge in [0.25, 0.3) is 0 Å². The molecule has 0 saturated carbocycles. The van der Waals surface area contributed by atoms with E-state index >= 15 is 0 Å². The Morgan fingerprint density at radius 2 is 1.86 bits per heavy atom. The summed E-state index contributed by atoms with van der Waals surface area (Å²) in [5, 5.41) is 5.51. The average Bonchev–Trinajstić information content (AvgIpc) is 2.41. The molecule has 0 fully saturated rings. The molecule has 2 rings (SSSR count). The van der Waals surface area contributed by atoms with Crippen LogP contribution in [0.2, 0.25) is 10.0 Å². The Morgan fingerprint density at radius 3 is 2.43 bits per heavy atom. The summed E-state index contributed by atoms with van der Waals surface area (Å²) in [4.78, 5) is 5.50. The van der Waals surface area contributed by atoms with Gasteiger partial charge in [-0.25, -0.2) is 4.98 Å². The van der Waals surface area contributed by atoms with Crippen molar-refractivity contribution in [2.24, 2.45) is 0 Å². The maximum Gasteiger partial charge on any atom is 0.101 e. The van der Waals surface area contributed by atoms with E-state index in [2.05, 4.69) is 37.1 Å². The standard InChI is InChI=1S/C16H18Cl2N2S/c1-16(2,3)20-10-11-4-7-15(19-9-11)21-12-5-6-13(17)14(18)8-12/h4-9,20H,10H2,1-3H3. The molecule has 0 amide bonds. The fraction of sp³-hybridized carbons (Fsp3) is 0.312. The monoisotopic (exact) mass is 340 g/mol. The van der Waals surface area contributed by atoms with E-state index in [1.165, 1.54) is 5.56 Å². The highest BCUT2D eigenvalue weighted by Crippen LogP contribution is 2.31. The maximum atomic E-state index is 6.02. The number of halogens is 2. The maximum absolute atomic E-state index is 6.02. The fourth-order valence-electron chi connectivity index (χ4n) is 1.60. The Labute approximate surface area is 140 Å². The average molecular weight is 341 g/mol. The number of rotatable bonds is 4. The fourth-order valence-corrected chi connectivity index (χ4v) is 2.76. The van der Waals surface area contributed by atoms with Crippen LogP contribution in [-0.2, 0) is 6.54 Å². The zero-order chi connectivity index (χ0) is 15.5. The third-order valence-electron chi connectivity index (χ3n) is 2.73. The summed E-state index contributed by atoms with van der Waals surface area (Å²) in [6.07, 6.45) is 1.90. The van der Waals surface area contributed by atoms with Gasteiger partial charge in [0.1, 0.15) is 5.03 Å². The molecule has 21 heavy (non-hydrogen) atoms. The number of hydrogen-bond donors (Lipinski definition) is 1. The summed E-state index contributed by atoms with van der Waals surface area (Å²) in [6.45, 7) is 7.26. The first-order chi connectivity index (χ1) is 9.83. The third-order valence-corrected chi connectivity index (χ3v) is 4.41. The molecule has 0 aliphatic heterocycles. The molecule has 5 heteroatoms. The molecule has 1 aromatic carbocycles. The molecule has 112 valence electrons. The van der Waals surface area contributed by atoms with Crippen molar-refractivity contribution in [2.45, 2.75) is 42.8 Å². The third kappa shape index (κ3) is 5.51. The van der Waals surface area contributed by atoms with Crippen molar-refractivity contribution in [3.63, 3.8) is 0 Å². The Balaban J connectivity index is 2.00. The number of nitrogens with zero attached hydrogens (tertiary/aromatic N) is 1. The largest absolute Gasteiger partial charge is 0.308 e. The summed E-state index contributed by atoms with van der Waals surface area (Å²) in [5.74, 6) is 0. The van der Waals surface area contributed by atoms with E-state index in [1.54, 1.807) is 17.8 Å². The van der Waals surface area contributed by atoms with Crippen LogP contribution in [0.1, 0.15) is 26.3 Å². The lowest BCUT2D eigenvalue weighted by Gasteiger charge is -2.20. The van der Waals surface area contributed by atoms with E-state index in [-0.39, 0.29) is 5.54 Å². The van der Waals surface area contributed by atoms with Gasteiger partial charge in [0.05, 0.1) is 10.0 Å². The topological polar surface area (TPSA) is 24.9 Å². The Hall–Kier alpha value is -0.740. The highest BCUT2D eigenvalue weighted by Gasteiger charge is 2.08.